The number of likely N-dealkylation sites (N-methyl/N-ethyl adjacent to an activating group) is 1. The first-order valence-corrected chi connectivity index (χ1v) is 15.9. The number of nitrogens with two attached hydrogens (primary N) is 1. The van der Waals surface area contributed by atoms with Crippen LogP contribution in [0.4, 0.5) is 0 Å². The average molecular weight is 638 g/mol. The van der Waals surface area contributed by atoms with Gasteiger partial charge in [-0.1, -0.05) is 60.2 Å². The number of aryl methyl sites for hydroxylation is 1. The number of phenols is 1. The number of rotatable bonds is 8. The summed E-state index contributed by atoms with van der Waals surface area (Å²) < 4.78 is 0. The van der Waals surface area contributed by atoms with Gasteiger partial charge in [0.1, 0.15) is 5.75 Å². The predicted molar refractivity (Wildman–Crippen MR) is 173 cm³/mol. The van der Waals surface area contributed by atoms with Gasteiger partial charge in [0, 0.05) is 12.5 Å². The highest BCUT2D eigenvalue weighted by atomic mass is 16.3. The van der Waals surface area contributed by atoms with Gasteiger partial charge in [-0.3, -0.25) is 28.9 Å². The summed E-state index contributed by atoms with van der Waals surface area (Å²) in [4.78, 5) is 68.5. The lowest BCUT2D eigenvalue weighted by Gasteiger charge is -2.52. The van der Waals surface area contributed by atoms with Crippen molar-refractivity contribution in [3.63, 3.8) is 0 Å². The topological polar surface area (TPSA) is 167 Å². The predicted octanol–water partition coefficient (Wildman–Crippen LogP) is 2.17. The van der Waals surface area contributed by atoms with Crippen LogP contribution >= 0.6 is 0 Å². The second kappa shape index (κ2) is 12.3. The van der Waals surface area contributed by atoms with Crippen molar-refractivity contribution in [2.45, 2.75) is 44.4 Å². The van der Waals surface area contributed by atoms with Gasteiger partial charge in [-0.15, -0.1) is 0 Å². The van der Waals surface area contributed by atoms with Crippen LogP contribution in [0, 0.1) is 30.6 Å². The van der Waals surface area contributed by atoms with Gasteiger partial charge in [0.2, 0.25) is 5.91 Å². The second-order valence-electron chi connectivity index (χ2n) is 13.4. The molecular formula is C37H39N3O7. The van der Waals surface area contributed by atoms with Crippen molar-refractivity contribution in [1.82, 2.24) is 10.2 Å². The van der Waals surface area contributed by atoms with Gasteiger partial charge in [-0.05, 0) is 86.6 Å². The van der Waals surface area contributed by atoms with Crippen LogP contribution in [0.15, 0.2) is 60.7 Å². The van der Waals surface area contributed by atoms with E-state index < -0.39 is 64.4 Å². The first-order chi connectivity index (χ1) is 22.3. The van der Waals surface area contributed by atoms with Gasteiger partial charge in [-0.2, -0.15) is 0 Å². The molecule has 2 unspecified atom stereocenters. The minimum Gasteiger partial charge on any atom is -0.507 e. The molecule has 0 heterocycles. The van der Waals surface area contributed by atoms with Gasteiger partial charge in [0.05, 0.1) is 17.5 Å². The van der Waals surface area contributed by atoms with Crippen LogP contribution in [0.3, 0.4) is 0 Å². The minimum absolute atomic E-state index is 0.00614. The number of fused-ring (bicyclic) bond motifs is 3. The maximum absolute atomic E-state index is 14.0. The molecule has 0 spiro atoms. The van der Waals surface area contributed by atoms with Gasteiger partial charge in [0.25, 0.3) is 0 Å². The van der Waals surface area contributed by atoms with Crippen molar-refractivity contribution in [3.8, 4) is 16.9 Å². The number of aromatic hydroxyl groups is 1. The summed E-state index contributed by atoms with van der Waals surface area (Å²) in [6.45, 7) is 3.57. The zero-order valence-corrected chi connectivity index (χ0v) is 26.7. The summed E-state index contributed by atoms with van der Waals surface area (Å²) in [6.07, 6.45) is 1.13. The van der Waals surface area contributed by atoms with Gasteiger partial charge in [-0.25, -0.2) is 0 Å². The van der Waals surface area contributed by atoms with Crippen LogP contribution in [0.1, 0.15) is 39.0 Å². The van der Waals surface area contributed by atoms with E-state index in [4.69, 9.17) is 5.73 Å². The number of primary amides is 1. The Hall–Kier alpha value is -4.51. The first kappa shape index (κ1) is 32.4. The van der Waals surface area contributed by atoms with Gasteiger partial charge >= 0.3 is 0 Å². The molecule has 47 heavy (non-hydrogen) atoms. The average Bonchev–Trinajstić information content (AvgIpc) is 3.02. The molecule has 10 heteroatoms. The molecule has 6 rings (SSSR count). The number of carbonyl (C=O) groups is 5. The van der Waals surface area contributed by atoms with Crippen LogP contribution in [0.25, 0.3) is 11.1 Å². The Morgan fingerprint density at radius 2 is 1.62 bits per heavy atom. The zero-order valence-electron chi connectivity index (χ0n) is 26.7. The summed E-state index contributed by atoms with van der Waals surface area (Å²) >= 11 is 0. The van der Waals surface area contributed by atoms with E-state index in [1.54, 1.807) is 20.2 Å². The maximum atomic E-state index is 14.0. The number of Topliss-reactive ketones (excluding diaryl/α,β-unsaturated/α-hetero) is 4. The number of hydrogen-bond donors (Lipinski definition) is 4. The molecule has 0 saturated heterocycles. The molecule has 0 bridgehead atoms. The number of phenolic OH excluding ortho intramolecular Hbond substituents is 1. The van der Waals surface area contributed by atoms with Crippen LogP contribution in [0.5, 0.6) is 5.75 Å². The van der Waals surface area contributed by atoms with Crippen LogP contribution in [0.2, 0.25) is 0 Å². The van der Waals surface area contributed by atoms with E-state index >= 15 is 0 Å². The quantitative estimate of drug-likeness (QED) is 0.214. The lowest BCUT2D eigenvalue weighted by molar-refractivity contribution is -0.181. The molecule has 3 aromatic rings. The highest BCUT2D eigenvalue weighted by molar-refractivity contribution is 6.32. The molecule has 3 aliphatic rings. The molecule has 0 aromatic heterocycles. The van der Waals surface area contributed by atoms with E-state index in [0.29, 0.717) is 12.1 Å². The number of aliphatic hydroxyl groups is 1. The third-order valence-corrected chi connectivity index (χ3v) is 10.2. The van der Waals surface area contributed by atoms with E-state index in [1.165, 1.54) is 22.1 Å². The Balaban J connectivity index is 1.27. The molecular weight excluding hydrogens is 598 g/mol. The Morgan fingerprint density at radius 3 is 2.26 bits per heavy atom. The third-order valence-electron chi connectivity index (χ3n) is 10.2. The Kier molecular flexibility index (Phi) is 8.46. The fraction of sp³-hybridized carbons (Fsp3) is 0.378. The fourth-order valence-corrected chi connectivity index (χ4v) is 7.90. The SMILES string of the molecule is Cc1ccc(CCNCc2ccc(-c3ccc(O)c4c3C[C@H]3C[C@H]5[C@H](N(C)C)C(=O)C(C(N)=O)C(=O)[C@@]5(O)C(=O)C3C4=O)cc2)cc1. The minimum atomic E-state index is -2.74. The molecule has 3 aromatic carbocycles. The van der Waals surface area contributed by atoms with Gasteiger partial charge < -0.3 is 21.3 Å². The molecule has 0 radical (unpaired) electrons. The number of nitrogens with zero attached hydrogens (tertiary/aromatic N) is 1. The van der Waals surface area contributed by atoms with E-state index in [2.05, 4.69) is 36.5 Å². The molecule has 10 nitrogen and oxygen atoms in total. The van der Waals surface area contributed by atoms with E-state index in [0.717, 1.165) is 29.7 Å². The normalized spacial score (nSPS) is 27.0. The summed E-state index contributed by atoms with van der Waals surface area (Å²) in [5, 5.41) is 26.1. The summed E-state index contributed by atoms with van der Waals surface area (Å²) in [6, 6.07) is 18.4. The molecule has 3 aliphatic carbocycles. The number of nitrogens with one attached hydrogen (secondary N) is 1. The molecule has 2 saturated carbocycles. The summed E-state index contributed by atoms with van der Waals surface area (Å²) in [5.41, 5.74) is 8.34. The molecule has 6 atom stereocenters. The Bertz CT molecular complexity index is 1780. The van der Waals surface area contributed by atoms with Gasteiger partial charge in [0.15, 0.2) is 34.7 Å². The van der Waals surface area contributed by atoms with Crippen molar-refractivity contribution >= 4 is 29.0 Å². The molecule has 2 fully saturated rings. The number of carbonyl (C=O) groups excluding carboxylic acids is 5. The van der Waals surface area contributed by atoms with Crippen molar-refractivity contribution in [3.05, 3.63) is 88.5 Å². The molecule has 5 N–H and O–H groups in total. The van der Waals surface area contributed by atoms with E-state index in [1.807, 2.05) is 24.3 Å². The van der Waals surface area contributed by atoms with Crippen molar-refractivity contribution in [1.29, 1.82) is 0 Å². The lowest BCUT2D eigenvalue weighted by atomic mass is 9.52. The Labute approximate surface area is 273 Å². The van der Waals surface area contributed by atoms with Crippen molar-refractivity contribution in [2.24, 2.45) is 29.4 Å². The number of ketones is 4. The highest BCUT2D eigenvalue weighted by Gasteiger charge is 2.69. The third kappa shape index (κ3) is 5.40. The smallest absolute Gasteiger partial charge is 0.235 e. The Morgan fingerprint density at radius 1 is 0.957 bits per heavy atom. The second-order valence-corrected chi connectivity index (χ2v) is 13.4. The zero-order chi connectivity index (χ0) is 33.8. The molecule has 244 valence electrons. The number of amides is 1. The van der Waals surface area contributed by atoms with Crippen molar-refractivity contribution < 1.29 is 34.2 Å². The van der Waals surface area contributed by atoms with E-state index in [-0.39, 0.29) is 24.2 Å². The van der Waals surface area contributed by atoms with Crippen LogP contribution < -0.4 is 11.1 Å². The highest BCUT2D eigenvalue weighted by Crippen LogP contribution is 2.51. The fourth-order valence-electron chi connectivity index (χ4n) is 7.90. The monoisotopic (exact) mass is 637 g/mol. The number of hydrogen-bond acceptors (Lipinski definition) is 9. The maximum Gasteiger partial charge on any atom is 0.235 e. The van der Waals surface area contributed by atoms with E-state index in [9.17, 15) is 34.2 Å². The standard InChI is InChI=1S/C37H39N3O7/c1-19-4-6-20(7-5-19)14-15-39-18-21-8-10-22(11-9-21)24-12-13-27(41)29-25(24)16-23-17-26-31(40(2)3)33(43)30(36(38)46)35(45)37(26,47)34(44)28(23)32(29)42/h4-13,23,26,28,30-31,39,41,47H,14-18H2,1-3H3,(H2,38,46)/t23-,26-,28?,30?,31-,37-/m0/s1. The molecule has 0 aliphatic heterocycles. The largest absolute Gasteiger partial charge is 0.507 e. The van der Waals surface area contributed by atoms with Crippen LogP contribution in [-0.4, -0.2) is 76.4 Å². The molecule has 1 amide bonds. The first-order valence-electron chi connectivity index (χ1n) is 15.9. The summed E-state index contributed by atoms with van der Waals surface area (Å²) in [5.74, 6) is -10.6. The van der Waals surface area contributed by atoms with Crippen molar-refractivity contribution in [2.75, 3.05) is 20.6 Å². The summed E-state index contributed by atoms with van der Waals surface area (Å²) in [7, 11) is 3.13. The lowest BCUT2D eigenvalue weighted by Crippen LogP contribution is -2.74. The van der Waals surface area contributed by atoms with Crippen LogP contribution in [-0.2, 0) is 38.6 Å². The number of benzene rings is 3.